The largest absolute Gasteiger partial charge is 0.617 e. The Morgan fingerprint density at radius 3 is 1.89 bits per heavy atom. The molecule has 0 aliphatic carbocycles. The van der Waals surface area contributed by atoms with Crippen LogP contribution in [0.15, 0.2) is 12.7 Å². The van der Waals surface area contributed by atoms with Gasteiger partial charge in [0, 0.05) is 0 Å². The summed E-state index contributed by atoms with van der Waals surface area (Å²) in [7, 11) is 0. The zero-order valence-electron chi connectivity index (χ0n) is 5.59. The lowest BCUT2D eigenvalue weighted by atomic mass is 10.6. The Kier molecular flexibility index (Phi) is 9.47. The van der Waals surface area contributed by atoms with Gasteiger partial charge < -0.3 is 10.3 Å². The van der Waals surface area contributed by atoms with Gasteiger partial charge in [0.05, 0.1) is 12.5 Å². The molecule has 0 atom stereocenters. The molecule has 0 rings (SSSR count). The van der Waals surface area contributed by atoms with Crippen molar-refractivity contribution in [3.63, 3.8) is 0 Å². The van der Waals surface area contributed by atoms with Crippen LogP contribution in [0.4, 0.5) is 0 Å². The molecule has 0 aliphatic heterocycles. The van der Waals surface area contributed by atoms with E-state index in [2.05, 4.69) is 12.3 Å². The topological polar surface area (TPSA) is 66.2 Å². The first kappa shape index (κ1) is 11.3. The van der Waals surface area contributed by atoms with Gasteiger partial charge in [0.25, 0.3) is 0 Å². The SMILES string of the molecule is C=CC(N)=O.C[S+](C)[O-]. The van der Waals surface area contributed by atoms with E-state index in [0.717, 1.165) is 6.08 Å². The standard InChI is InChI=1S/C3H5NO.C2H6OS/c1-2-3(4)5;1-4(2)3/h2H,1H2,(H2,4,5);1-2H3. The van der Waals surface area contributed by atoms with Crippen molar-refractivity contribution in [3.8, 4) is 0 Å². The fraction of sp³-hybridized carbons (Fsp3) is 0.400. The van der Waals surface area contributed by atoms with Crippen molar-refractivity contribution in [3.05, 3.63) is 12.7 Å². The van der Waals surface area contributed by atoms with E-state index in [1.807, 2.05) is 0 Å². The van der Waals surface area contributed by atoms with E-state index in [-0.39, 0.29) is 0 Å². The van der Waals surface area contributed by atoms with Crippen molar-refractivity contribution in [1.82, 2.24) is 0 Å². The second-order valence-corrected chi connectivity index (χ2v) is 2.83. The maximum Gasteiger partial charge on any atom is 0.240 e. The molecule has 0 aromatic rings. The Morgan fingerprint density at radius 2 is 1.89 bits per heavy atom. The molecule has 0 aromatic carbocycles. The number of amides is 1. The van der Waals surface area contributed by atoms with E-state index in [1.54, 1.807) is 12.5 Å². The molecule has 0 fully saturated rings. The summed E-state index contributed by atoms with van der Waals surface area (Å²) in [6.07, 6.45) is 4.33. The summed E-state index contributed by atoms with van der Waals surface area (Å²) in [5, 5.41) is 0. The molecule has 0 saturated heterocycles. The maximum atomic E-state index is 9.56. The summed E-state index contributed by atoms with van der Waals surface area (Å²) in [5.41, 5.74) is 4.53. The summed E-state index contributed by atoms with van der Waals surface area (Å²) in [6.45, 7) is 3.09. The van der Waals surface area contributed by atoms with Crippen LogP contribution in [0.1, 0.15) is 0 Å². The van der Waals surface area contributed by atoms with Crippen LogP contribution in [0.5, 0.6) is 0 Å². The minimum Gasteiger partial charge on any atom is -0.617 e. The van der Waals surface area contributed by atoms with Crippen molar-refractivity contribution >= 4 is 17.1 Å². The Morgan fingerprint density at radius 1 is 1.78 bits per heavy atom. The fourth-order valence-electron chi connectivity index (χ4n) is 0. The van der Waals surface area contributed by atoms with Crippen LogP contribution in [0.25, 0.3) is 0 Å². The van der Waals surface area contributed by atoms with Gasteiger partial charge in [-0.2, -0.15) is 0 Å². The average Bonchev–Trinajstić information content (AvgIpc) is 1.65. The van der Waals surface area contributed by atoms with Crippen molar-refractivity contribution in [1.29, 1.82) is 0 Å². The van der Waals surface area contributed by atoms with Crippen LogP contribution in [0.2, 0.25) is 0 Å². The van der Waals surface area contributed by atoms with Crippen LogP contribution in [0, 0.1) is 0 Å². The molecule has 0 aliphatic rings. The van der Waals surface area contributed by atoms with Crippen molar-refractivity contribution in [2.75, 3.05) is 12.5 Å². The van der Waals surface area contributed by atoms with Crippen molar-refractivity contribution in [2.24, 2.45) is 5.73 Å². The third-order valence-corrected chi connectivity index (χ3v) is 0.201. The molecule has 0 radical (unpaired) electrons. The quantitative estimate of drug-likeness (QED) is 0.409. The predicted molar refractivity (Wildman–Crippen MR) is 39.4 cm³/mol. The Labute approximate surface area is 58.1 Å². The van der Waals surface area contributed by atoms with E-state index in [9.17, 15) is 9.35 Å². The Hall–Kier alpha value is -0.480. The number of carbonyl (C=O) groups is 1. The van der Waals surface area contributed by atoms with Gasteiger partial charge in [-0.05, 0) is 6.08 Å². The molecule has 9 heavy (non-hydrogen) atoms. The summed E-state index contributed by atoms with van der Waals surface area (Å²) >= 11 is -0.611. The van der Waals surface area contributed by atoms with Gasteiger partial charge in [-0.15, -0.1) is 0 Å². The van der Waals surface area contributed by atoms with E-state index in [1.165, 1.54) is 0 Å². The monoisotopic (exact) mass is 149 g/mol. The maximum absolute atomic E-state index is 9.56. The zero-order valence-corrected chi connectivity index (χ0v) is 6.40. The molecule has 0 aromatic heterocycles. The summed E-state index contributed by atoms with van der Waals surface area (Å²) in [5.74, 6) is -0.481. The van der Waals surface area contributed by atoms with Crippen LogP contribution >= 0.6 is 0 Å². The van der Waals surface area contributed by atoms with Gasteiger partial charge in [0.15, 0.2) is 0 Å². The predicted octanol–water partition coefficient (Wildman–Crippen LogP) is -0.348. The molecule has 0 spiro atoms. The van der Waals surface area contributed by atoms with Gasteiger partial charge in [0.2, 0.25) is 5.91 Å². The highest BCUT2D eigenvalue weighted by molar-refractivity contribution is 7.89. The lowest BCUT2D eigenvalue weighted by molar-refractivity contribution is -0.113. The molecule has 3 nitrogen and oxygen atoms in total. The molecule has 0 bridgehead atoms. The molecular weight excluding hydrogens is 138 g/mol. The minimum absolute atomic E-state index is 0.481. The van der Waals surface area contributed by atoms with E-state index < -0.39 is 17.1 Å². The van der Waals surface area contributed by atoms with Gasteiger partial charge >= 0.3 is 0 Å². The van der Waals surface area contributed by atoms with Crippen LogP contribution < -0.4 is 5.73 Å². The minimum atomic E-state index is -0.611. The third-order valence-electron chi connectivity index (χ3n) is 0.201. The average molecular weight is 149 g/mol. The fourth-order valence-corrected chi connectivity index (χ4v) is 0. The molecule has 4 heteroatoms. The highest BCUT2D eigenvalue weighted by atomic mass is 32.2. The molecule has 0 heterocycles. The Balaban J connectivity index is 0. The second kappa shape index (κ2) is 7.52. The van der Waals surface area contributed by atoms with E-state index in [0.29, 0.717) is 0 Å². The van der Waals surface area contributed by atoms with Crippen molar-refractivity contribution < 1.29 is 9.35 Å². The number of hydrogen-bond donors (Lipinski definition) is 1. The van der Waals surface area contributed by atoms with E-state index >= 15 is 0 Å². The van der Waals surface area contributed by atoms with Crippen LogP contribution in [-0.4, -0.2) is 23.0 Å². The van der Waals surface area contributed by atoms with Gasteiger partial charge in [-0.1, -0.05) is 17.8 Å². The Bertz CT molecular complexity index is 90.2. The second-order valence-electron chi connectivity index (χ2n) is 1.35. The molecule has 0 saturated carbocycles. The third kappa shape index (κ3) is 99.2. The van der Waals surface area contributed by atoms with Crippen LogP contribution in [-0.2, 0) is 16.0 Å². The molecule has 54 valence electrons. The highest BCUT2D eigenvalue weighted by Crippen LogP contribution is 1.61. The van der Waals surface area contributed by atoms with E-state index in [4.69, 9.17) is 0 Å². The number of carbonyl (C=O) groups excluding carboxylic acids is 1. The first-order chi connectivity index (χ1) is 4.00. The summed E-state index contributed by atoms with van der Waals surface area (Å²) < 4.78 is 9.56. The first-order valence-electron chi connectivity index (χ1n) is 2.17. The van der Waals surface area contributed by atoms with Gasteiger partial charge in [-0.3, -0.25) is 4.79 Å². The number of primary amides is 1. The highest BCUT2D eigenvalue weighted by Gasteiger charge is 1.69. The molecule has 1 amide bonds. The molecule has 2 N–H and O–H groups in total. The molecular formula is C5H11NO2S. The summed E-state index contributed by atoms with van der Waals surface area (Å²) in [6, 6.07) is 0. The summed E-state index contributed by atoms with van der Waals surface area (Å²) in [4.78, 5) is 9.47. The smallest absolute Gasteiger partial charge is 0.240 e. The zero-order chi connectivity index (χ0) is 7.86. The normalized spacial score (nSPS) is 7.56. The lowest BCUT2D eigenvalue weighted by Crippen LogP contribution is -2.04. The molecule has 0 unspecified atom stereocenters. The van der Waals surface area contributed by atoms with Gasteiger partial charge in [0.1, 0.15) is 0 Å². The van der Waals surface area contributed by atoms with Crippen LogP contribution in [0.3, 0.4) is 0 Å². The van der Waals surface area contributed by atoms with Crippen molar-refractivity contribution in [2.45, 2.75) is 0 Å². The first-order valence-corrected chi connectivity index (χ1v) is 4.14. The van der Waals surface area contributed by atoms with Gasteiger partial charge in [-0.25, -0.2) is 0 Å². The number of rotatable bonds is 1. The number of nitrogens with two attached hydrogens (primary N) is 1. The number of hydrogen-bond acceptors (Lipinski definition) is 2. The lowest BCUT2D eigenvalue weighted by Gasteiger charge is -1.87.